The van der Waals surface area contributed by atoms with Gasteiger partial charge < -0.3 is 19.6 Å². The number of aromatic nitrogens is 1. The lowest BCUT2D eigenvalue weighted by atomic mass is 10.1. The number of thiazole rings is 1. The lowest BCUT2D eigenvalue weighted by Gasteiger charge is -2.21. The van der Waals surface area contributed by atoms with Crippen LogP contribution in [0.15, 0.2) is 21.9 Å². The van der Waals surface area contributed by atoms with Crippen molar-refractivity contribution in [3.05, 3.63) is 29.0 Å². The zero-order valence-corrected chi connectivity index (χ0v) is 15.5. The molecule has 136 valence electrons. The molecule has 8 heteroatoms. The summed E-state index contributed by atoms with van der Waals surface area (Å²) in [7, 11) is 0. The molecule has 0 aliphatic carbocycles. The van der Waals surface area contributed by atoms with E-state index in [-0.39, 0.29) is 24.3 Å². The van der Waals surface area contributed by atoms with Crippen molar-refractivity contribution in [3.8, 4) is 10.8 Å². The minimum Gasteiger partial charge on any atom is -0.480 e. The summed E-state index contributed by atoms with van der Waals surface area (Å²) in [6.45, 7) is 7.70. The minimum atomic E-state index is -1.11. The van der Waals surface area contributed by atoms with E-state index in [1.807, 2.05) is 33.8 Å². The van der Waals surface area contributed by atoms with E-state index < -0.39 is 17.9 Å². The first kappa shape index (κ1) is 19.1. The van der Waals surface area contributed by atoms with Crippen LogP contribution in [0.2, 0.25) is 0 Å². The van der Waals surface area contributed by atoms with Gasteiger partial charge in [0, 0.05) is 18.4 Å². The number of rotatable bonds is 7. The molecule has 1 amide bonds. The highest BCUT2D eigenvalue weighted by molar-refractivity contribution is 7.13. The van der Waals surface area contributed by atoms with Gasteiger partial charge >= 0.3 is 5.97 Å². The van der Waals surface area contributed by atoms with Crippen molar-refractivity contribution < 1.29 is 23.8 Å². The molecule has 0 saturated carbocycles. The highest BCUT2D eigenvalue weighted by atomic mass is 32.1. The summed E-state index contributed by atoms with van der Waals surface area (Å²) in [4.78, 5) is 27.8. The van der Waals surface area contributed by atoms with Gasteiger partial charge in [0.05, 0.1) is 5.60 Å². The topological polar surface area (TPSA) is 102 Å². The third-order valence-electron chi connectivity index (χ3n) is 3.23. The zero-order valence-electron chi connectivity index (χ0n) is 14.7. The molecule has 2 N–H and O–H groups in total. The average Bonchev–Trinajstić information content (AvgIpc) is 3.13. The molecule has 2 aromatic rings. The number of furan rings is 1. The molecule has 2 heterocycles. The molecule has 0 saturated heterocycles. The van der Waals surface area contributed by atoms with Gasteiger partial charge in [-0.05, 0) is 39.8 Å². The Kier molecular flexibility index (Phi) is 5.97. The predicted molar refractivity (Wildman–Crippen MR) is 93.8 cm³/mol. The van der Waals surface area contributed by atoms with E-state index in [9.17, 15) is 14.7 Å². The van der Waals surface area contributed by atoms with Gasteiger partial charge in [0.2, 0.25) is 0 Å². The number of aryl methyl sites for hydroxylation is 1. The van der Waals surface area contributed by atoms with E-state index in [1.165, 1.54) is 11.3 Å². The molecule has 0 radical (unpaired) electrons. The first-order chi connectivity index (χ1) is 11.7. The molecule has 0 spiro atoms. The number of hydrogen-bond donors (Lipinski definition) is 2. The van der Waals surface area contributed by atoms with Crippen LogP contribution in [0.3, 0.4) is 0 Å². The van der Waals surface area contributed by atoms with E-state index >= 15 is 0 Å². The van der Waals surface area contributed by atoms with Gasteiger partial charge in [-0.15, -0.1) is 11.3 Å². The number of aliphatic carboxylic acids is 1. The number of amides is 1. The summed E-state index contributed by atoms with van der Waals surface area (Å²) in [6, 6.07) is 2.55. The Morgan fingerprint density at radius 1 is 1.40 bits per heavy atom. The summed E-state index contributed by atoms with van der Waals surface area (Å²) >= 11 is 1.26. The fourth-order valence-electron chi connectivity index (χ4n) is 2.01. The van der Waals surface area contributed by atoms with Gasteiger partial charge in [-0.1, -0.05) is 0 Å². The monoisotopic (exact) mass is 366 g/mol. The van der Waals surface area contributed by atoms with Crippen LogP contribution in [-0.2, 0) is 9.53 Å². The molecule has 2 aromatic heterocycles. The van der Waals surface area contributed by atoms with Crippen LogP contribution in [0.25, 0.3) is 10.8 Å². The minimum absolute atomic E-state index is 0.164. The van der Waals surface area contributed by atoms with Gasteiger partial charge in [0.15, 0.2) is 10.8 Å². The zero-order chi connectivity index (χ0) is 18.6. The maximum atomic E-state index is 12.3. The molecule has 0 aliphatic rings. The number of carboxylic acid groups (broad SMARTS) is 1. The normalized spacial score (nSPS) is 12.8. The Bertz CT molecular complexity index is 744. The van der Waals surface area contributed by atoms with Gasteiger partial charge in [-0.25, -0.2) is 9.78 Å². The summed E-state index contributed by atoms with van der Waals surface area (Å²) < 4.78 is 11.0. The third-order valence-corrected chi connectivity index (χ3v) is 4.09. The van der Waals surface area contributed by atoms with E-state index in [4.69, 9.17) is 9.15 Å². The molecule has 25 heavy (non-hydrogen) atoms. The van der Waals surface area contributed by atoms with E-state index in [0.29, 0.717) is 10.8 Å². The van der Waals surface area contributed by atoms with Crippen LogP contribution in [0, 0.1) is 6.92 Å². The SMILES string of the molecule is Cc1ccc(-c2nc(C(=O)NC(CCOC(C)(C)C)C(=O)O)cs2)o1. The van der Waals surface area contributed by atoms with Crippen molar-refractivity contribution in [3.63, 3.8) is 0 Å². The molecule has 0 aliphatic heterocycles. The largest absolute Gasteiger partial charge is 0.480 e. The first-order valence-electron chi connectivity index (χ1n) is 7.85. The molecule has 1 atom stereocenters. The van der Waals surface area contributed by atoms with Gasteiger partial charge in [0.25, 0.3) is 5.91 Å². The predicted octanol–water partition coefficient (Wildman–Crippen LogP) is 3.10. The number of nitrogens with zero attached hydrogens (tertiary/aromatic N) is 1. The summed E-state index contributed by atoms with van der Waals surface area (Å²) in [6.07, 6.45) is 0.173. The van der Waals surface area contributed by atoms with E-state index in [1.54, 1.807) is 11.4 Å². The van der Waals surface area contributed by atoms with Crippen molar-refractivity contribution >= 4 is 23.2 Å². The molecule has 1 unspecified atom stereocenters. The Morgan fingerprint density at radius 3 is 2.68 bits per heavy atom. The fourth-order valence-corrected chi connectivity index (χ4v) is 2.77. The van der Waals surface area contributed by atoms with Gasteiger partial charge in [-0.2, -0.15) is 0 Å². The van der Waals surface area contributed by atoms with Crippen molar-refractivity contribution in [2.24, 2.45) is 0 Å². The maximum absolute atomic E-state index is 12.3. The molecule has 0 bridgehead atoms. The number of hydrogen-bond acceptors (Lipinski definition) is 6. The van der Waals surface area contributed by atoms with Gasteiger partial charge in [0.1, 0.15) is 17.5 Å². The fraction of sp³-hybridized carbons (Fsp3) is 0.471. The molecule has 7 nitrogen and oxygen atoms in total. The van der Waals surface area contributed by atoms with Crippen molar-refractivity contribution in [1.82, 2.24) is 10.3 Å². The molecular formula is C17H22N2O5S. The second-order valence-electron chi connectivity index (χ2n) is 6.56. The highest BCUT2D eigenvalue weighted by Crippen LogP contribution is 2.25. The van der Waals surface area contributed by atoms with Crippen LogP contribution in [0.1, 0.15) is 43.4 Å². The molecule has 2 rings (SSSR count). The number of carbonyl (C=O) groups excluding carboxylic acids is 1. The Morgan fingerprint density at radius 2 is 2.12 bits per heavy atom. The average molecular weight is 366 g/mol. The quantitative estimate of drug-likeness (QED) is 0.781. The van der Waals surface area contributed by atoms with Gasteiger partial charge in [-0.3, -0.25) is 4.79 Å². The summed E-state index contributed by atoms with van der Waals surface area (Å²) in [5.74, 6) is -0.312. The number of nitrogens with one attached hydrogen (secondary N) is 1. The van der Waals surface area contributed by atoms with E-state index in [2.05, 4.69) is 10.3 Å². The number of ether oxygens (including phenoxy) is 1. The Balaban J connectivity index is 1.99. The number of carboxylic acids is 1. The lowest BCUT2D eigenvalue weighted by Crippen LogP contribution is -2.42. The number of carbonyl (C=O) groups is 2. The smallest absolute Gasteiger partial charge is 0.326 e. The van der Waals surface area contributed by atoms with Crippen molar-refractivity contribution in [2.45, 2.75) is 45.8 Å². The molecular weight excluding hydrogens is 344 g/mol. The third kappa shape index (κ3) is 5.68. The van der Waals surface area contributed by atoms with Crippen LogP contribution in [0.4, 0.5) is 0 Å². The second-order valence-corrected chi connectivity index (χ2v) is 7.42. The molecule has 0 aromatic carbocycles. The van der Waals surface area contributed by atoms with Crippen LogP contribution in [0.5, 0.6) is 0 Å². The van der Waals surface area contributed by atoms with Crippen molar-refractivity contribution in [2.75, 3.05) is 6.61 Å². The van der Waals surface area contributed by atoms with Crippen LogP contribution in [-0.4, -0.2) is 40.2 Å². The van der Waals surface area contributed by atoms with Crippen molar-refractivity contribution in [1.29, 1.82) is 0 Å². The summed E-state index contributed by atoms with van der Waals surface area (Å²) in [5.41, 5.74) is -0.199. The Hall–Kier alpha value is -2.19. The first-order valence-corrected chi connectivity index (χ1v) is 8.73. The lowest BCUT2D eigenvalue weighted by molar-refractivity contribution is -0.140. The molecule has 0 fully saturated rings. The van der Waals surface area contributed by atoms with Crippen LogP contribution >= 0.6 is 11.3 Å². The van der Waals surface area contributed by atoms with Crippen LogP contribution < -0.4 is 5.32 Å². The second kappa shape index (κ2) is 7.79. The maximum Gasteiger partial charge on any atom is 0.326 e. The van der Waals surface area contributed by atoms with E-state index in [0.717, 1.165) is 5.76 Å². The Labute approximate surface area is 150 Å². The highest BCUT2D eigenvalue weighted by Gasteiger charge is 2.23. The summed E-state index contributed by atoms with van der Waals surface area (Å²) in [5, 5.41) is 13.9. The standard InChI is InChI=1S/C17H22N2O5S/c1-10-5-6-13(24-10)15-19-12(9-25-15)14(20)18-11(16(21)22)7-8-23-17(2,3)4/h5-6,9,11H,7-8H2,1-4H3,(H,18,20)(H,21,22).